The first-order valence-electron chi connectivity index (χ1n) is 11.4. The fourth-order valence-corrected chi connectivity index (χ4v) is 3.41. The number of ether oxygens (including phenoxy) is 1. The number of aliphatic imine (C=N–C) groups is 1. The zero-order valence-electron chi connectivity index (χ0n) is 20.2. The van der Waals surface area contributed by atoms with Crippen LogP contribution in [-0.4, -0.2) is 87.2 Å². The molecule has 0 aromatic heterocycles. The third-order valence-electron chi connectivity index (χ3n) is 5.16. The Morgan fingerprint density at radius 3 is 2.55 bits per heavy atom. The first kappa shape index (κ1) is 29.0. The lowest BCUT2D eigenvalue weighted by Gasteiger charge is -2.32. The number of hydrogen-bond donors (Lipinski definition) is 3. The summed E-state index contributed by atoms with van der Waals surface area (Å²) in [5, 5.41) is 9.69. The molecule has 0 atom stereocenters. The second-order valence-corrected chi connectivity index (χ2v) is 8.06. The number of amides is 2. The summed E-state index contributed by atoms with van der Waals surface area (Å²) in [6.45, 7) is 8.20. The maximum atomic E-state index is 12.4. The Kier molecular flexibility index (Phi) is 13.8. The highest BCUT2D eigenvalue weighted by molar-refractivity contribution is 14.0. The molecule has 1 aliphatic heterocycles. The van der Waals surface area contributed by atoms with E-state index in [4.69, 9.17) is 9.73 Å². The molecule has 0 saturated carbocycles. The third-order valence-corrected chi connectivity index (χ3v) is 5.16. The minimum absolute atomic E-state index is 0. The first-order chi connectivity index (χ1) is 15.4. The molecule has 0 aliphatic carbocycles. The molecule has 33 heavy (non-hydrogen) atoms. The number of piperidine rings is 1. The molecule has 9 nitrogen and oxygen atoms in total. The van der Waals surface area contributed by atoms with E-state index in [2.05, 4.69) is 16.0 Å². The Hall–Kier alpha value is -2.08. The number of halogens is 1. The Bertz CT molecular complexity index is 766. The smallest absolute Gasteiger partial charge is 0.409 e. The van der Waals surface area contributed by atoms with Crippen LogP contribution in [0.3, 0.4) is 0 Å². The number of hydrogen-bond acceptors (Lipinski definition) is 5. The van der Waals surface area contributed by atoms with Crippen LogP contribution in [0.1, 0.15) is 42.6 Å². The van der Waals surface area contributed by atoms with Crippen molar-refractivity contribution >= 4 is 41.9 Å². The lowest BCUT2D eigenvalue weighted by Crippen LogP contribution is -2.49. The highest BCUT2D eigenvalue weighted by Crippen LogP contribution is 2.12. The van der Waals surface area contributed by atoms with Crippen molar-refractivity contribution in [1.82, 2.24) is 25.8 Å². The monoisotopic (exact) mass is 574 g/mol. The number of carbonyl (C=O) groups is 2. The van der Waals surface area contributed by atoms with Gasteiger partial charge < -0.3 is 30.5 Å². The van der Waals surface area contributed by atoms with E-state index in [0.717, 1.165) is 37.5 Å². The summed E-state index contributed by atoms with van der Waals surface area (Å²) < 4.78 is 5.08. The van der Waals surface area contributed by atoms with Gasteiger partial charge in [0.1, 0.15) is 0 Å². The molecule has 1 aliphatic rings. The van der Waals surface area contributed by atoms with E-state index < -0.39 is 0 Å². The van der Waals surface area contributed by atoms with Gasteiger partial charge in [0.25, 0.3) is 5.91 Å². The van der Waals surface area contributed by atoms with Gasteiger partial charge in [0.05, 0.1) is 13.2 Å². The van der Waals surface area contributed by atoms with Gasteiger partial charge in [-0.1, -0.05) is 12.1 Å². The van der Waals surface area contributed by atoms with Crippen molar-refractivity contribution < 1.29 is 14.3 Å². The summed E-state index contributed by atoms with van der Waals surface area (Å²) in [7, 11) is 3.95. The van der Waals surface area contributed by atoms with Crippen LogP contribution < -0.4 is 16.0 Å². The number of carbonyl (C=O) groups excluding carboxylic acids is 2. The molecule has 0 unspecified atom stereocenters. The minimum atomic E-state index is -0.239. The van der Waals surface area contributed by atoms with Crippen molar-refractivity contribution in [3.63, 3.8) is 0 Å². The molecule has 1 aromatic rings. The van der Waals surface area contributed by atoms with Crippen molar-refractivity contribution in [3.05, 3.63) is 35.4 Å². The van der Waals surface area contributed by atoms with Crippen LogP contribution in [0.4, 0.5) is 4.79 Å². The van der Waals surface area contributed by atoms with Gasteiger partial charge in [-0.15, -0.1) is 24.0 Å². The molecule has 186 valence electrons. The lowest BCUT2D eigenvalue weighted by molar-refractivity contribution is 0.0947. The summed E-state index contributed by atoms with van der Waals surface area (Å²) in [5.41, 5.74) is 1.61. The molecular formula is C23H39IN6O3. The van der Waals surface area contributed by atoms with E-state index in [1.165, 1.54) is 0 Å². The van der Waals surface area contributed by atoms with Crippen LogP contribution in [0.15, 0.2) is 29.3 Å². The van der Waals surface area contributed by atoms with Crippen LogP contribution in [0.5, 0.6) is 0 Å². The number of benzene rings is 1. The van der Waals surface area contributed by atoms with Gasteiger partial charge in [0, 0.05) is 44.3 Å². The molecule has 1 fully saturated rings. The van der Waals surface area contributed by atoms with Crippen LogP contribution in [-0.2, 0) is 11.3 Å². The predicted molar refractivity (Wildman–Crippen MR) is 142 cm³/mol. The Morgan fingerprint density at radius 2 is 1.91 bits per heavy atom. The van der Waals surface area contributed by atoms with E-state index in [-0.39, 0.29) is 42.0 Å². The number of likely N-dealkylation sites (N-methyl/N-ethyl adjacent to an activating group) is 1. The van der Waals surface area contributed by atoms with Crippen LogP contribution in [0.2, 0.25) is 0 Å². The summed E-state index contributed by atoms with van der Waals surface area (Å²) in [6, 6.07) is 7.81. The maximum absolute atomic E-state index is 12.4. The number of nitrogens with one attached hydrogen (secondary N) is 3. The van der Waals surface area contributed by atoms with Gasteiger partial charge in [-0.3, -0.25) is 4.79 Å². The molecule has 0 spiro atoms. The maximum Gasteiger partial charge on any atom is 0.409 e. The standard InChI is InChI=1S/C23H38N6O3.HI/c1-5-24-22(27-20-10-13-29(14-11-20)23(31)32-6-2)26-17-18-8-7-9-19(16-18)21(30)25-12-15-28(3)4;/h7-9,16,20H,5-6,10-15,17H2,1-4H3,(H,25,30)(H2,24,26,27);1H. The van der Waals surface area contributed by atoms with Crippen molar-refractivity contribution in [2.75, 3.05) is 53.4 Å². The molecular weight excluding hydrogens is 535 g/mol. The molecule has 1 saturated heterocycles. The molecule has 2 rings (SSSR count). The van der Waals surface area contributed by atoms with Gasteiger partial charge in [-0.05, 0) is 58.5 Å². The quantitative estimate of drug-likeness (QED) is 0.238. The van der Waals surface area contributed by atoms with E-state index in [0.29, 0.717) is 38.3 Å². The average Bonchev–Trinajstić information content (AvgIpc) is 2.78. The molecule has 2 amide bonds. The minimum Gasteiger partial charge on any atom is -0.450 e. The summed E-state index contributed by atoms with van der Waals surface area (Å²) in [5.74, 6) is 0.666. The summed E-state index contributed by atoms with van der Waals surface area (Å²) >= 11 is 0. The van der Waals surface area contributed by atoms with Crippen molar-refractivity contribution in [2.45, 2.75) is 39.3 Å². The predicted octanol–water partition coefficient (Wildman–Crippen LogP) is 2.27. The summed E-state index contributed by atoms with van der Waals surface area (Å²) in [4.78, 5) is 32.7. The van der Waals surface area contributed by atoms with Crippen molar-refractivity contribution in [1.29, 1.82) is 0 Å². The fraction of sp³-hybridized carbons (Fsp3) is 0.609. The van der Waals surface area contributed by atoms with E-state index >= 15 is 0 Å². The molecule has 0 radical (unpaired) electrons. The SMILES string of the molecule is CCNC(=NCc1cccc(C(=O)NCCN(C)C)c1)NC1CCN(C(=O)OCC)CC1.I. The topological polar surface area (TPSA) is 98.3 Å². The van der Waals surface area contributed by atoms with Crippen molar-refractivity contribution in [2.24, 2.45) is 4.99 Å². The summed E-state index contributed by atoms with van der Waals surface area (Å²) in [6.07, 6.45) is 1.44. The van der Waals surface area contributed by atoms with Gasteiger partial charge in [-0.2, -0.15) is 0 Å². The average molecular weight is 575 g/mol. The molecule has 10 heteroatoms. The van der Waals surface area contributed by atoms with Crippen LogP contribution >= 0.6 is 24.0 Å². The second kappa shape index (κ2) is 15.7. The van der Waals surface area contributed by atoms with E-state index in [9.17, 15) is 9.59 Å². The molecule has 0 bridgehead atoms. The zero-order chi connectivity index (χ0) is 23.3. The normalized spacial score (nSPS) is 14.5. The van der Waals surface area contributed by atoms with Gasteiger partial charge in [0.2, 0.25) is 0 Å². The highest BCUT2D eigenvalue weighted by atomic mass is 127. The highest BCUT2D eigenvalue weighted by Gasteiger charge is 2.24. The van der Waals surface area contributed by atoms with Crippen LogP contribution in [0, 0.1) is 0 Å². The molecule has 1 aromatic carbocycles. The van der Waals surface area contributed by atoms with Gasteiger partial charge in [-0.25, -0.2) is 9.79 Å². The zero-order valence-corrected chi connectivity index (χ0v) is 22.6. The number of likely N-dealkylation sites (tertiary alicyclic amines) is 1. The number of rotatable bonds is 9. The Labute approximate surface area is 214 Å². The number of guanidine groups is 1. The van der Waals surface area contributed by atoms with Crippen molar-refractivity contribution in [3.8, 4) is 0 Å². The van der Waals surface area contributed by atoms with Crippen LogP contribution in [0.25, 0.3) is 0 Å². The van der Waals surface area contributed by atoms with Gasteiger partial charge >= 0.3 is 6.09 Å². The van der Waals surface area contributed by atoms with E-state index in [1.807, 2.05) is 57.1 Å². The lowest BCUT2D eigenvalue weighted by atomic mass is 10.1. The second-order valence-electron chi connectivity index (χ2n) is 8.06. The number of nitrogens with zero attached hydrogens (tertiary/aromatic N) is 3. The van der Waals surface area contributed by atoms with Gasteiger partial charge in [0.15, 0.2) is 5.96 Å². The Morgan fingerprint density at radius 1 is 1.18 bits per heavy atom. The molecule has 1 heterocycles. The third kappa shape index (κ3) is 10.6. The first-order valence-corrected chi connectivity index (χ1v) is 11.4. The fourth-order valence-electron chi connectivity index (χ4n) is 3.41. The molecule has 3 N–H and O–H groups in total. The largest absolute Gasteiger partial charge is 0.450 e. The Balaban J connectivity index is 0.00000544. The van der Waals surface area contributed by atoms with E-state index in [1.54, 1.807) is 4.90 Å².